The summed E-state index contributed by atoms with van der Waals surface area (Å²) in [7, 11) is 0. The highest BCUT2D eigenvalue weighted by Gasteiger charge is 2.08. The van der Waals surface area contributed by atoms with Crippen LogP contribution in [0.1, 0.15) is 25.3 Å². The zero-order valence-electron chi connectivity index (χ0n) is 12.2. The molecule has 0 atom stereocenters. The van der Waals surface area contributed by atoms with E-state index in [4.69, 9.17) is 5.73 Å². The molecule has 4 heteroatoms. The zero-order chi connectivity index (χ0) is 14.8. The predicted octanol–water partition coefficient (Wildman–Crippen LogP) is 4.08. The zero-order valence-corrected chi connectivity index (χ0v) is 12.2. The molecule has 2 aromatic carbocycles. The number of hydrogen-bond donors (Lipinski definition) is 2. The van der Waals surface area contributed by atoms with Gasteiger partial charge in [-0.15, -0.1) is 0 Å². The number of para-hydroxylation sites is 1. The molecule has 1 aromatic heterocycles. The Hall–Kier alpha value is -2.62. The molecule has 4 nitrogen and oxygen atoms in total. The average molecular weight is 278 g/mol. The normalized spacial score (nSPS) is 11.0. The minimum Gasteiger partial charge on any atom is -0.383 e. The van der Waals surface area contributed by atoms with Gasteiger partial charge in [-0.25, -0.2) is 4.98 Å². The fourth-order valence-electron chi connectivity index (χ4n) is 2.24. The first kappa shape index (κ1) is 13.4. The summed E-state index contributed by atoms with van der Waals surface area (Å²) in [6.45, 7) is 4.31. The van der Waals surface area contributed by atoms with Gasteiger partial charge in [0.1, 0.15) is 5.82 Å². The quantitative estimate of drug-likeness (QED) is 0.757. The number of aromatic nitrogens is 2. The highest BCUT2D eigenvalue weighted by molar-refractivity contribution is 5.89. The lowest BCUT2D eigenvalue weighted by molar-refractivity contribution is 0.868. The van der Waals surface area contributed by atoms with Gasteiger partial charge in [0, 0.05) is 11.1 Å². The Morgan fingerprint density at radius 1 is 1.00 bits per heavy atom. The van der Waals surface area contributed by atoms with Crippen LogP contribution in [-0.4, -0.2) is 9.97 Å². The predicted molar refractivity (Wildman–Crippen MR) is 87.8 cm³/mol. The Morgan fingerprint density at radius 3 is 2.48 bits per heavy atom. The minimum atomic E-state index is 0.455. The lowest BCUT2D eigenvalue weighted by atomic mass is 10.0. The first-order valence-electron chi connectivity index (χ1n) is 7.03. The minimum absolute atomic E-state index is 0.455. The van der Waals surface area contributed by atoms with Crippen molar-refractivity contribution in [2.75, 3.05) is 11.1 Å². The van der Waals surface area contributed by atoms with Crippen LogP contribution in [0.15, 0.2) is 48.5 Å². The summed E-state index contributed by atoms with van der Waals surface area (Å²) in [4.78, 5) is 8.88. The molecule has 0 bridgehead atoms. The SMILES string of the molecule is CC(C)c1ccc2nc(Nc3ccccc3)nc(N)c2c1. The fraction of sp³-hybridized carbons (Fsp3) is 0.176. The number of anilines is 3. The van der Waals surface area contributed by atoms with Crippen LogP contribution in [0.25, 0.3) is 10.9 Å². The molecule has 0 unspecified atom stereocenters. The second kappa shape index (κ2) is 5.40. The molecule has 0 fully saturated rings. The number of nitrogen functional groups attached to an aromatic ring is 1. The molecule has 0 saturated heterocycles. The molecule has 3 aromatic rings. The van der Waals surface area contributed by atoms with E-state index >= 15 is 0 Å². The second-order valence-electron chi connectivity index (χ2n) is 5.35. The summed E-state index contributed by atoms with van der Waals surface area (Å²) in [5, 5.41) is 4.07. The van der Waals surface area contributed by atoms with E-state index in [2.05, 4.69) is 41.3 Å². The van der Waals surface area contributed by atoms with E-state index in [0.29, 0.717) is 17.7 Å². The van der Waals surface area contributed by atoms with Crippen LogP contribution in [0.4, 0.5) is 17.5 Å². The lowest BCUT2D eigenvalue weighted by Crippen LogP contribution is -2.02. The molecule has 0 aliphatic heterocycles. The van der Waals surface area contributed by atoms with E-state index < -0.39 is 0 Å². The van der Waals surface area contributed by atoms with Gasteiger partial charge in [0.05, 0.1) is 5.52 Å². The van der Waals surface area contributed by atoms with Crippen molar-refractivity contribution >= 4 is 28.4 Å². The third kappa shape index (κ3) is 2.79. The number of benzene rings is 2. The van der Waals surface area contributed by atoms with E-state index in [0.717, 1.165) is 16.6 Å². The van der Waals surface area contributed by atoms with Crippen molar-refractivity contribution in [3.05, 3.63) is 54.1 Å². The monoisotopic (exact) mass is 278 g/mol. The van der Waals surface area contributed by atoms with Gasteiger partial charge in [0.2, 0.25) is 5.95 Å². The van der Waals surface area contributed by atoms with Crippen LogP contribution >= 0.6 is 0 Å². The van der Waals surface area contributed by atoms with Crippen LogP contribution in [0, 0.1) is 0 Å². The number of rotatable bonds is 3. The number of nitrogens with two attached hydrogens (primary N) is 1. The van der Waals surface area contributed by atoms with Gasteiger partial charge in [0.15, 0.2) is 0 Å². The fourth-order valence-corrected chi connectivity index (χ4v) is 2.24. The molecule has 0 aliphatic carbocycles. The summed E-state index contributed by atoms with van der Waals surface area (Å²) in [6, 6.07) is 16.0. The van der Waals surface area contributed by atoms with Gasteiger partial charge in [0.25, 0.3) is 0 Å². The Labute approximate surface area is 124 Å². The first-order chi connectivity index (χ1) is 10.1. The Balaban J connectivity index is 2.01. The van der Waals surface area contributed by atoms with E-state index in [1.807, 2.05) is 36.4 Å². The highest BCUT2D eigenvalue weighted by Crippen LogP contribution is 2.25. The van der Waals surface area contributed by atoms with Gasteiger partial charge in [-0.1, -0.05) is 38.1 Å². The molecule has 0 aliphatic rings. The maximum Gasteiger partial charge on any atom is 0.229 e. The van der Waals surface area contributed by atoms with Crippen LogP contribution in [0.2, 0.25) is 0 Å². The first-order valence-corrected chi connectivity index (χ1v) is 7.03. The lowest BCUT2D eigenvalue weighted by Gasteiger charge is -2.10. The van der Waals surface area contributed by atoms with Crippen molar-refractivity contribution in [1.29, 1.82) is 0 Å². The van der Waals surface area contributed by atoms with Crippen molar-refractivity contribution in [3.8, 4) is 0 Å². The molecule has 1 heterocycles. The van der Waals surface area contributed by atoms with E-state index in [9.17, 15) is 0 Å². The Morgan fingerprint density at radius 2 is 1.76 bits per heavy atom. The summed E-state index contributed by atoms with van der Waals surface area (Å²) in [5.74, 6) is 1.47. The number of nitrogens with zero attached hydrogens (tertiary/aromatic N) is 2. The van der Waals surface area contributed by atoms with Crippen LogP contribution in [0.3, 0.4) is 0 Å². The van der Waals surface area contributed by atoms with Crippen molar-refractivity contribution in [2.45, 2.75) is 19.8 Å². The van der Waals surface area contributed by atoms with Crippen molar-refractivity contribution in [3.63, 3.8) is 0 Å². The molecule has 0 amide bonds. The van der Waals surface area contributed by atoms with Crippen LogP contribution in [-0.2, 0) is 0 Å². The van der Waals surface area contributed by atoms with E-state index in [-0.39, 0.29) is 0 Å². The molecular weight excluding hydrogens is 260 g/mol. The summed E-state index contributed by atoms with van der Waals surface area (Å²) in [5.41, 5.74) is 9.12. The van der Waals surface area contributed by atoms with Crippen molar-refractivity contribution in [1.82, 2.24) is 9.97 Å². The smallest absolute Gasteiger partial charge is 0.229 e. The highest BCUT2D eigenvalue weighted by atomic mass is 15.1. The second-order valence-corrected chi connectivity index (χ2v) is 5.35. The standard InChI is InChI=1S/C17H18N4/c1-11(2)12-8-9-15-14(10-12)16(18)21-17(20-15)19-13-6-4-3-5-7-13/h3-11H,1-2H3,(H3,18,19,20,21). The molecule has 0 spiro atoms. The summed E-state index contributed by atoms with van der Waals surface area (Å²) >= 11 is 0. The average Bonchev–Trinajstić information content (AvgIpc) is 2.48. The number of fused-ring (bicyclic) bond motifs is 1. The Bertz CT molecular complexity index is 766. The molecule has 0 saturated carbocycles. The molecule has 3 rings (SSSR count). The molecule has 21 heavy (non-hydrogen) atoms. The van der Waals surface area contributed by atoms with Crippen molar-refractivity contribution in [2.24, 2.45) is 0 Å². The van der Waals surface area contributed by atoms with Gasteiger partial charge in [-0.2, -0.15) is 4.98 Å². The maximum atomic E-state index is 6.09. The number of nitrogens with one attached hydrogen (secondary N) is 1. The molecule has 106 valence electrons. The van der Waals surface area contributed by atoms with Gasteiger partial charge >= 0.3 is 0 Å². The molecule has 0 radical (unpaired) electrons. The third-order valence-corrected chi connectivity index (χ3v) is 3.45. The maximum absolute atomic E-state index is 6.09. The van der Waals surface area contributed by atoms with Gasteiger partial charge in [-0.05, 0) is 35.7 Å². The molecular formula is C17H18N4. The van der Waals surface area contributed by atoms with Crippen LogP contribution in [0.5, 0.6) is 0 Å². The van der Waals surface area contributed by atoms with Crippen molar-refractivity contribution < 1.29 is 0 Å². The summed E-state index contributed by atoms with van der Waals surface area (Å²) in [6.07, 6.45) is 0. The van der Waals surface area contributed by atoms with Gasteiger partial charge < -0.3 is 11.1 Å². The number of hydrogen-bond acceptors (Lipinski definition) is 4. The van der Waals surface area contributed by atoms with E-state index in [1.54, 1.807) is 0 Å². The van der Waals surface area contributed by atoms with Gasteiger partial charge in [-0.3, -0.25) is 0 Å². The third-order valence-electron chi connectivity index (χ3n) is 3.45. The van der Waals surface area contributed by atoms with Crippen LogP contribution < -0.4 is 11.1 Å². The topological polar surface area (TPSA) is 63.8 Å². The largest absolute Gasteiger partial charge is 0.383 e. The van der Waals surface area contributed by atoms with E-state index in [1.165, 1.54) is 5.56 Å². The molecule has 3 N–H and O–H groups in total. The summed E-state index contributed by atoms with van der Waals surface area (Å²) < 4.78 is 0. The Kier molecular flexibility index (Phi) is 3.44.